The molecule has 2 aromatic rings. The lowest BCUT2D eigenvalue weighted by molar-refractivity contribution is -0.157. The van der Waals surface area contributed by atoms with Gasteiger partial charge in [0.15, 0.2) is 5.96 Å². The molecule has 1 aromatic carbocycles. The topological polar surface area (TPSA) is 191 Å². The van der Waals surface area contributed by atoms with Gasteiger partial charge >= 0.3 is 18.0 Å². The van der Waals surface area contributed by atoms with Gasteiger partial charge in [-0.1, -0.05) is 23.4 Å². The summed E-state index contributed by atoms with van der Waals surface area (Å²) in [5, 5.41) is 13.0. The SMILES string of the molecule is CC(=O)OCC(CCON=C1CN(c2ncc(-c3cccc(COC(=O)NC(=N)N)c3F)cn2)C1)OC(C)=O. The summed E-state index contributed by atoms with van der Waals surface area (Å²) in [5.74, 6) is -1.71. The molecule has 1 unspecified atom stereocenters. The highest BCUT2D eigenvalue weighted by molar-refractivity contribution is 5.98. The summed E-state index contributed by atoms with van der Waals surface area (Å²) >= 11 is 0. The Labute approximate surface area is 222 Å². The standard InChI is InChI=1S/C24H28FN7O7/c1-14(33)36-13-19(39-15(2)34)6-7-38-31-18-10-32(11-18)23-28-8-17(9-29-23)20-5-3-4-16(21(20)25)12-37-24(35)30-22(26)27/h3-5,8-9,19H,6-7,10-13H2,1-2H3,(H4,26,27,30,35). The Morgan fingerprint density at radius 1 is 1.18 bits per heavy atom. The molecule has 0 aliphatic carbocycles. The number of nitrogens with one attached hydrogen (secondary N) is 2. The number of ether oxygens (including phenoxy) is 3. The average Bonchev–Trinajstić information content (AvgIpc) is 2.85. The maximum atomic E-state index is 15.0. The lowest BCUT2D eigenvalue weighted by Gasteiger charge is -2.31. The van der Waals surface area contributed by atoms with E-state index in [2.05, 4.69) is 15.1 Å². The second kappa shape index (κ2) is 13.6. The fourth-order valence-corrected chi connectivity index (χ4v) is 3.36. The van der Waals surface area contributed by atoms with Crippen molar-refractivity contribution < 1.29 is 37.8 Å². The molecule has 1 aliphatic heterocycles. The number of hydrogen-bond acceptors (Lipinski definition) is 12. The third kappa shape index (κ3) is 8.91. The van der Waals surface area contributed by atoms with Crippen molar-refractivity contribution in [2.24, 2.45) is 10.9 Å². The van der Waals surface area contributed by atoms with Gasteiger partial charge in [-0.15, -0.1) is 0 Å². The van der Waals surface area contributed by atoms with Crippen LogP contribution in [0.4, 0.5) is 15.1 Å². The van der Waals surface area contributed by atoms with Crippen LogP contribution < -0.4 is 16.0 Å². The van der Waals surface area contributed by atoms with E-state index in [0.29, 0.717) is 31.0 Å². The smallest absolute Gasteiger partial charge is 0.414 e. The van der Waals surface area contributed by atoms with E-state index in [1.165, 1.54) is 32.3 Å². The van der Waals surface area contributed by atoms with Crippen molar-refractivity contribution in [3.63, 3.8) is 0 Å². The number of carbonyl (C=O) groups excluding carboxylic acids is 3. The second-order valence-corrected chi connectivity index (χ2v) is 8.33. The third-order valence-electron chi connectivity index (χ3n) is 5.18. The van der Waals surface area contributed by atoms with Gasteiger partial charge < -0.3 is 29.7 Å². The number of anilines is 1. The van der Waals surface area contributed by atoms with Gasteiger partial charge in [0.05, 0.1) is 18.8 Å². The van der Waals surface area contributed by atoms with Gasteiger partial charge in [0.25, 0.3) is 0 Å². The first kappa shape index (κ1) is 28.7. The third-order valence-corrected chi connectivity index (χ3v) is 5.18. The number of nitrogens with zero attached hydrogens (tertiary/aromatic N) is 4. The molecule has 0 bridgehead atoms. The van der Waals surface area contributed by atoms with Crippen LogP contribution in [0.25, 0.3) is 11.1 Å². The van der Waals surface area contributed by atoms with Crippen LogP contribution in [0.2, 0.25) is 0 Å². The van der Waals surface area contributed by atoms with Gasteiger partial charge in [-0.3, -0.25) is 20.3 Å². The van der Waals surface area contributed by atoms with Crippen molar-refractivity contribution in [2.45, 2.75) is 33.0 Å². The predicted molar refractivity (Wildman–Crippen MR) is 135 cm³/mol. The van der Waals surface area contributed by atoms with Gasteiger partial charge in [0.2, 0.25) is 5.95 Å². The van der Waals surface area contributed by atoms with E-state index >= 15 is 0 Å². The molecule has 0 radical (unpaired) electrons. The molecule has 1 fully saturated rings. The molecule has 1 amide bonds. The van der Waals surface area contributed by atoms with Crippen molar-refractivity contribution in [1.29, 1.82) is 5.41 Å². The summed E-state index contributed by atoms with van der Waals surface area (Å²) in [4.78, 5) is 49.4. The fourth-order valence-electron chi connectivity index (χ4n) is 3.36. The van der Waals surface area contributed by atoms with Crippen molar-refractivity contribution in [1.82, 2.24) is 15.3 Å². The Morgan fingerprint density at radius 2 is 1.90 bits per heavy atom. The molecule has 0 spiro atoms. The van der Waals surface area contributed by atoms with Crippen LogP contribution in [0.1, 0.15) is 25.8 Å². The number of halogens is 1. The molecule has 1 aromatic heterocycles. The second-order valence-electron chi connectivity index (χ2n) is 8.33. The zero-order chi connectivity index (χ0) is 28.4. The number of esters is 2. The summed E-state index contributed by atoms with van der Waals surface area (Å²) in [6.07, 6.45) is 1.68. The zero-order valence-electron chi connectivity index (χ0n) is 21.3. The number of alkyl carbamates (subject to hydrolysis) is 1. The molecule has 39 heavy (non-hydrogen) atoms. The molecule has 208 valence electrons. The number of benzene rings is 1. The molecular weight excluding hydrogens is 517 g/mol. The highest BCUT2D eigenvalue weighted by atomic mass is 19.1. The Bertz CT molecular complexity index is 1230. The quantitative estimate of drug-likeness (QED) is 0.0925. The van der Waals surface area contributed by atoms with E-state index < -0.39 is 35.9 Å². The molecule has 2 heterocycles. The molecule has 1 saturated heterocycles. The number of rotatable bonds is 11. The van der Waals surface area contributed by atoms with Gasteiger partial charge in [-0.2, -0.15) is 0 Å². The van der Waals surface area contributed by atoms with E-state index in [4.69, 9.17) is 30.2 Å². The molecule has 14 nitrogen and oxygen atoms in total. The number of carbonyl (C=O) groups is 3. The summed E-state index contributed by atoms with van der Waals surface area (Å²) < 4.78 is 29.8. The number of oxime groups is 1. The molecule has 1 aliphatic rings. The summed E-state index contributed by atoms with van der Waals surface area (Å²) in [5.41, 5.74) is 6.60. The Kier molecular flexibility index (Phi) is 10.1. The minimum atomic E-state index is -0.965. The van der Waals surface area contributed by atoms with E-state index in [0.717, 1.165) is 5.71 Å². The lowest BCUT2D eigenvalue weighted by Crippen LogP contribution is -2.48. The van der Waals surface area contributed by atoms with Crippen LogP contribution >= 0.6 is 0 Å². The van der Waals surface area contributed by atoms with Crippen molar-refractivity contribution in [2.75, 3.05) is 31.2 Å². The molecule has 15 heteroatoms. The Hall–Kier alpha value is -4.82. The largest absolute Gasteiger partial charge is 0.462 e. The first-order valence-corrected chi connectivity index (χ1v) is 11.7. The first-order valence-electron chi connectivity index (χ1n) is 11.7. The predicted octanol–water partition coefficient (Wildman–Crippen LogP) is 1.48. The van der Waals surface area contributed by atoms with Crippen LogP contribution in [0.15, 0.2) is 35.7 Å². The van der Waals surface area contributed by atoms with Gasteiger partial charge in [-0.05, 0) is 0 Å². The van der Waals surface area contributed by atoms with Crippen molar-refractivity contribution >= 4 is 35.7 Å². The first-order chi connectivity index (χ1) is 18.6. The summed E-state index contributed by atoms with van der Waals surface area (Å²) in [7, 11) is 0. The number of amides is 1. The molecule has 0 saturated carbocycles. The maximum absolute atomic E-state index is 15.0. The Morgan fingerprint density at radius 3 is 2.54 bits per heavy atom. The van der Waals surface area contributed by atoms with Crippen molar-refractivity contribution in [3.05, 3.63) is 42.0 Å². The van der Waals surface area contributed by atoms with Crippen molar-refractivity contribution in [3.8, 4) is 11.1 Å². The molecule has 1 atom stereocenters. The number of nitrogens with two attached hydrogens (primary N) is 1. The van der Waals surface area contributed by atoms with Crippen LogP contribution in [-0.4, -0.2) is 72.1 Å². The van der Waals surface area contributed by atoms with Crippen LogP contribution in [0, 0.1) is 11.2 Å². The van der Waals surface area contributed by atoms with E-state index in [9.17, 15) is 18.8 Å². The average molecular weight is 546 g/mol. The number of guanidine groups is 1. The highest BCUT2D eigenvalue weighted by Crippen LogP contribution is 2.26. The summed E-state index contributed by atoms with van der Waals surface area (Å²) in [6.45, 7) is 3.15. The highest BCUT2D eigenvalue weighted by Gasteiger charge is 2.25. The number of hydrogen-bond donors (Lipinski definition) is 3. The van der Waals surface area contributed by atoms with E-state index in [1.807, 2.05) is 10.2 Å². The summed E-state index contributed by atoms with van der Waals surface area (Å²) in [6, 6.07) is 4.63. The fraction of sp³-hybridized carbons (Fsp3) is 0.375. The normalized spacial score (nSPS) is 13.0. The number of aromatic nitrogens is 2. The van der Waals surface area contributed by atoms with Crippen LogP contribution in [0.3, 0.4) is 0 Å². The monoisotopic (exact) mass is 545 g/mol. The molecular formula is C24H28FN7O7. The van der Waals surface area contributed by atoms with Gasteiger partial charge in [0.1, 0.15) is 31.7 Å². The van der Waals surface area contributed by atoms with Gasteiger partial charge in [0, 0.05) is 49.4 Å². The van der Waals surface area contributed by atoms with Crippen LogP contribution in [-0.2, 0) is 35.2 Å². The van der Waals surface area contributed by atoms with Gasteiger partial charge in [-0.25, -0.2) is 19.2 Å². The zero-order valence-corrected chi connectivity index (χ0v) is 21.3. The molecule has 3 rings (SSSR count). The van der Waals surface area contributed by atoms with E-state index in [-0.39, 0.29) is 30.9 Å². The Balaban J connectivity index is 1.49. The van der Waals surface area contributed by atoms with E-state index in [1.54, 1.807) is 12.1 Å². The molecule has 4 N–H and O–H groups in total. The minimum absolute atomic E-state index is 0.0593. The maximum Gasteiger partial charge on any atom is 0.414 e. The lowest BCUT2D eigenvalue weighted by atomic mass is 10.1. The van der Waals surface area contributed by atoms with Crippen LogP contribution in [0.5, 0.6) is 0 Å². The minimum Gasteiger partial charge on any atom is -0.462 e.